The number of H-pyrrole nitrogens is 1. The molecule has 1 aromatic heterocycles. The molecule has 0 amide bonds. The Morgan fingerprint density at radius 2 is 2.00 bits per heavy atom. The van der Waals surface area contributed by atoms with Gasteiger partial charge in [-0.1, -0.05) is 23.2 Å². The molecule has 0 saturated heterocycles. The van der Waals surface area contributed by atoms with Crippen LogP contribution in [0.5, 0.6) is 0 Å². The molecule has 0 spiro atoms. The first kappa shape index (κ1) is 8.42. The second kappa shape index (κ2) is 2.95. The van der Waals surface area contributed by atoms with Gasteiger partial charge in [-0.15, -0.1) is 0 Å². The zero-order chi connectivity index (χ0) is 8.72. The first-order valence-electron chi connectivity index (χ1n) is 3.30. The Hall–Kier alpha value is -0.180. The summed E-state index contributed by atoms with van der Waals surface area (Å²) >= 11 is 15.2. The lowest BCUT2D eigenvalue weighted by Crippen LogP contribution is -1.70. The predicted octanol–water partition coefficient (Wildman–Crippen LogP) is 4.24. The molecule has 0 unspecified atom stereocenters. The van der Waals surface area contributed by atoms with Gasteiger partial charge in [-0.3, -0.25) is 0 Å². The van der Waals surface area contributed by atoms with Crippen LogP contribution in [0.25, 0.3) is 10.9 Å². The number of benzene rings is 1. The van der Waals surface area contributed by atoms with E-state index in [2.05, 4.69) is 20.9 Å². The van der Waals surface area contributed by atoms with Crippen LogP contribution in [0.1, 0.15) is 0 Å². The predicted molar refractivity (Wildman–Crippen MR) is 56.0 cm³/mol. The summed E-state index contributed by atoms with van der Waals surface area (Å²) in [6, 6.07) is 3.57. The number of aromatic amines is 1. The summed E-state index contributed by atoms with van der Waals surface area (Å²) in [4.78, 5) is 3.05. The molecule has 1 N–H and O–H groups in total. The Kier molecular flexibility index (Phi) is 2.07. The highest BCUT2D eigenvalue weighted by Crippen LogP contribution is 2.32. The van der Waals surface area contributed by atoms with Crippen molar-refractivity contribution in [3.8, 4) is 0 Å². The molecule has 0 atom stereocenters. The normalized spacial score (nSPS) is 10.9. The molecule has 2 rings (SSSR count). The molecule has 4 heteroatoms. The highest BCUT2D eigenvalue weighted by Gasteiger charge is 2.05. The van der Waals surface area contributed by atoms with Gasteiger partial charge in [0.25, 0.3) is 0 Å². The maximum Gasteiger partial charge on any atom is 0.0526 e. The van der Waals surface area contributed by atoms with E-state index in [0.29, 0.717) is 10.0 Å². The SMILES string of the molecule is Clc1cc(Cl)c2c(Br)c[nH]c2c1. The van der Waals surface area contributed by atoms with Crippen LogP contribution < -0.4 is 0 Å². The fourth-order valence-electron chi connectivity index (χ4n) is 1.14. The summed E-state index contributed by atoms with van der Waals surface area (Å²) in [6.45, 7) is 0. The van der Waals surface area contributed by atoms with Gasteiger partial charge in [0.15, 0.2) is 0 Å². The van der Waals surface area contributed by atoms with E-state index in [1.807, 2.05) is 12.3 Å². The zero-order valence-corrected chi connectivity index (χ0v) is 8.96. The summed E-state index contributed by atoms with van der Waals surface area (Å²) in [5.41, 5.74) is 0.944. The van der Waals surface area contributed by atoms with Gasteiger partial charge in [0.2, 0.25) is 0 Å². The Labute approximate surface area is 87.8 Å². The fourth-order valence-corrected chi connectivity index (χ4v) is 2.39. The van der Waals surface area contributed by atoms with Crippen molar-refractivity contribution in [3.63, 3.8) is 0 Å². The molecule has 0 radical (unpaired) electrons. The van der Waals surface area contributed by atoms with Gasteiger partial charge in [-0.05, 0) is 28.1 Å². The van der Waals surface area contributed by atoms with Crippen molar-refractivity contribution >= 4 is 50.0 Å². The first-order valence-corrected chi connectivity index (χ1v) is 4.85. The number of fused-ring (bicyclic) bond motifs is 1. The quantitative estimate of drug-likeness (QED) is 0.733. The monoisotopic (exact) mass is 263 g/mol. The maximum absolute atomic E-state index is 5.97. The van der Waals surface area contributed by atoms with E-state index in [0.717, 1.165) is 15.4 Å². The van der Waals surface area contributed by atoms with Crippen LogP contribution in [-0.2, 0) is 0 Å². The molecule has 1 heterocycles. The summed E-state index contributed by atoms with van der Waals surface area (Å²) in [6.07, 6.45) is 1.84. The number of aromatic nitrogens is 1. The van der Waals surface area contributed by atoms with E-state index in [4.69, 9.17) is 23.2 Å². The summed E-state index contributed by atoms with van der Waals surface area (Å²) in [7, 11) is 0. The van der Waals surface area contributed by atoms with Crippen LogP contribution in [0, 0.1) is 0 Å². The van der Waals surface area contributed by atoms with E-state index in [9.17, 15) is 0 Å². The Balaban J connectivity index is 2.93. The Bertz CT molecular complexity index is 436. The zero-order valence-electron chi connectivity index (χ0n) is 5.87. The minimum Gasteiger partial charge on any atom is -0.360 e. The summed E-state index contributed by atoms with van der Waals surface area (Å²) in [5.74, 6) is 0. The van der Waals surface area contributed by atoms with E-state index < -0.39 is 0 Å². The molecule has 12 heavy (non-hydrogen) atoms. The molecular weight excluding hydrogens is 261 g/mol. The molecule has 0 aliphatic rings. The number of hydrogen-bond donors (Lipinski definition) is 1. The number of nitrogens with one attached hydrogen (secondary N) is 1. The second-order valence-corrected chi connectivity index (χ2v) is 4.14. The third-order valence-corrected chi connectivity index (χ3v) is 2.79. The molecule has 0 aliphatic heterocycles. The average Bonchev–Trinajstić information content (AvgIpc) is 2.31. The van der Waals surface area contributed by atoms with Gasteiger partial charge >= 0.3 is 0 Å². The smallest absolute Gasteiger partial charge is 0.0526 e. The van der Waals surface area contributed by atoms with Crippen LogP contribution in [0.3, 0.4) is 0 Å². The number of rotatable bonds is 0. The van der Waals surface area contributed by atoms with Crippen molar-refractivity contribution in [1.29, 1.82) is 0 Å². The van der Waals surface area contributed by atoms with E-state index >= 15 is 0 Å². The van der Waals surface area contributed by atoms with Crippen molar-refractivity contribution in [2.45, 2.75) is 0 Å². The van der Waals surface area contributed by atoms with Crippen molar-refractivity contribution in [2.75, 3.05) is 0 Å². The van der Waals surface area contributed by atoms with Gasteiger partial charge in [0.1, 0.15) is 0 Å². The highest BCUT2D eigenvalue weighted by molar-refractivity contribution is 9.10. The molecule has 0 fully saturated rings. The summed E-state index contributed by atoms with van der Waals surface area (Å²) < 4.78 is 0.958. The minimum atomic E-state index is 0.641. The van der Waals surface area contributed by atoms with E-state index in [1.165, 1.54) is 0 Å². The molecule has 2 aromatic rings. The standard InChI is InChI=1S/C8H4BrCl2N/c9-5-3-12-7-2-4(10)1-6(11)8(5)7/h1-3,12H. The third-order valence-electron chi connectivity index (χ3n) is 1.65. The molecular formula is C8H4BrCl2N. The van der Waals surface area contributed by atoms with Crippen LogP contribution in [0.15, 0.2) is 22.8 Å². The van der Waals surface area contributed by atoms with E-state index in [-0.39, 0.29) is 0 Å². The van der Waals surface area contributed by atoms with Gasteiger partial charge in [0.05, 0.1) is 5.02 Å². The summed E-state index contributed by atoms with van der Waals surface area (Å²) in [5, 5.41) is 2.27. The van der Waals surface area contributed by atoms with Crippen molar-refractivity contribution in [3.05, 3.63) is 32.8 Å². The molecule has 1 aromatic carbocycles. The highest BCUT2D eigenvalue weighted by atomic mass is 79.9. The third kappa shape index (κ3) is 1.24. The van der Waals surface area contributed by atoms with Gasteiger partial charge in [-0.25, -0.2) is 0 Å². The van der Waals surface area contributed by atoms with Crippen LogP contribution >= 0.6 is 39.1 Å². The molecule has 0 saturated carbocycles. The van der Waals surface area contributed by atoms with Gasteiger partial charge in [0, 0.05) is 26.6 Å². The minimum absolute atomic E-state index is 0.641. The molecule has 0 aliphatic carbocycles. The lowest BCUT2D eigenvalue weighted by Gasteiger charge is -1.95. The fraction of sp³-hybridized carbons (Fsp3) is 0. The van der Waals surface area contributed by atoms with Gasteiger partial charge < -0.3 is 4.98 Å². The largest absolute Gasteiger partial charge is 0.360 e. The second-order valence-electron chi connectivity index (χ2n) is 2.45. The number of halogens is 3. The Morgan fingerprint density at radius 3 is 2.75 bits per heavy atom. The first-order chi connectivity index (χ1) is 5.68. The van der Waals surface area contributed by atoms with Crippen LogP contribution in [0.4, 0.5) is 0 Å². The average molecular weight is 265 g/mol. The lowest BCUT2D eigenvalue weighted by molar-refractivity contribution is 1.47. The maximum atomic E-state index is 5.97. The van der Waals surface area contributed by atoms with E-state index in [1.54, 1.807) is 6.07 Å². The van der Waals surface area contributed by atoms with Crippen LogP contribution in [-0.4, -0.2) is 4.98 Å². The lowest BCUT2D eigenvalue weighted by atomic mass is 10.2. The molecule has 62 valence electrons. The topological polar surface area (TPSA) is 15.8 Å². The van der Waals surface area contributed by atoms with Crippen molar-refractivity contribution in [2.24, 2.45) is 0 Å². The number of hydrogen-bond acceptors (Lipinski definition) is 0. The van der Waals surface area contributed by atoms with Crippen LogP contribution in [0.2, 0.25) is 10.0 Å². The van der Waals surface area contributed by atoms with Crippen molar-refractivity contribution in [1.82, 2.24) is 4.98 Å². The molecule has 0 bridgehead atoms. The van der Waals surface area contributed by atoms with Crippen molar-refractivity contribution < 1.29 is 0 Å². The molecule has 1 nitrogen and oxygen atoms in total. The van der Waals surface area contributed by atoms with Gasteiger partial charge in [-0.2, -0.15) is 0 Å². The Morgan fingerprint density at radius 1 is 1.25 bits per heavy atom.